The molecule has 1 fully saturated rings. The number of rotatable bonds is 5. The fourth-order valence-corrected chi connectivity index (χ4v) is 2.97. The minimum Gasteiger partial charge on any atom is -0.352 e. The largest absolute Gasteiger partial charge is 0.352 e. The van der Waals surface area contributed by atoms with Crippen molar-refractivity contribution in [1.29, 1.82) is 0 Å². The molecule has 0 bridgehead atoms. The first kappa shape index (κ1) is 14.3. The summed E-state index contributed by atoms with van der Waals surface area (Å²) in [6, 6.07) is 0.615. The molecule has 0 aromatic carbocycles. The van der Waals surface area contributed by atoms with Gasteiger partial charge in [-0.1, -0.05) is 25.7 Å². The van der Waals surface area contributed by atoms with Crippen LogP contribution in [0.3, 0.4) is 0 Å². The van der Waals surface area contributed by atoms with E-state index in [4.69, 9.17) is 5.73 Å². The van der Waals surface area contributed by atoms with Crippen LogP contribution in [-0.4, -0.2) is 29.1 Å². The van der Waals surface area contributed by atoms with Gasteiger partial charge in [0.15, 0.2) is 0 Å². The van der Waals surface area contributed by atoms with Crippen LogP contribution in [0.1, 0.15) is 50.6 Å². The van der Waals surface area contributed by atoms with Crippen LogP contribution in [0.25, 0.3) is 0 Å². The van der Waals surface area contributed by atoms with Gasteiger partial charge in [0.05, 0.1) is 5.69 Å². The summed E-state index contributed by atoms with van der Waals surface area (Å²) in [7, 11) is 0. The fourth-order valence-electron chi connectivity index (χ4n) is 2.97. The van der Waals surface area contributed by atoms with Crippen molar-refractivity contribution in [3.05, 3.63) is 18.1 Å². The van der Waals surface area contributed by atoms with E-state index in [9.17, 15) is 0 Å². The predicted molar refractivity (Wildman–Crippen MR) is 79.3 cm³/mol. The Kier molecular flexibility index (Phi) is 5.58. The number of aryl methyl sites for hydroxylation is 1. The molecule has 2 rings (SSSR count). The molecule has 1 aliphatic rings. The average Bonchev–Trinajstić information content (AvgIpc) is 2.70. The highest BCUT2D eigenvalue weighted by Gasteiger charge is 2.22. The van der Waals surface area contributed by atoms with Crippen LogP contribution in [0.4, 0.5) is 5.82 Å². The summed E-state index contributed by atoms with van der Waals surface area (Å²) in [5.41, 5.74) is 6.72. The highest BCUT2D eigenvalue weighted by atomic mass is 15.2. The second-order valence-electron chi connectivity index (χ2n) is 5.45. The first-order valence-corrected chi connectivity index (χ1v) is 7.57. The van der Waals surface area contributed by atoms with E-state index in [-0.39, 0.29) is 0 Å². The number of hydrogen-bond donors (Lipinski definition) is 1. The van der Waals surface area contributed by atoms with Crippen molar-refractivity contribution in [2.24, 2.45) is 5.73 Å². The van der Waals surface area contributed by atoms with Crippen LogP contribution < -0.4 is 10.6 Å². The van der Waals surface area contributed by atoms with Crippen molar-refractivity contribution >= 4 is 5.82 Å². The zero-order chi connectivity index (χ0) is 13.5. The van der Waals surface area contributed by atoms with Gasteiger partial charge in [-0.25, -0.2) is 4.98 Å². The number of aromatic nitrogens is 2. The van der Waals surface area contributed by atoms with Crippen molar-refractivity contribution in [3.63, 3.8) is 0 Å². The maximum atomic E-state index is 5.69. The average molecular weight is 262 g/mol. The lowest BCUT2D eigenvalue weighted by molar-refractivity contribution is 0.513. The Morgan fingerprint density at radius 1 is 1.16 bits per heavy atom. The summed E-state index contributed by atoms with van der Waals surface area (Å²) in [5.74, 6) is 1.06. The molecule has 0 atom stereocenters. The SMILES string of the molecule is Cc1nccnc1N(CCCN)C1CCCCCC1. The standard InChI is InChI=1S/C15H26N4/c1-13-15(18-11-10-17-13)19(12-6-9-16)14-7-4-2-3-5-8-14/h10-11,14H,2-9,12,16H2,1H3. The molecule has 0 spiro atoms. The Labute approximate surface area is 116 Å². The summed E-state index contributed by atoms with van der Waals surface area (Å²) in [6.45, 7) is 3.79. The van der Waals surface area contributed by atoms with E-state index in [0.717, 1.165) is 31.0 Å². The number of hydrogen-bond acceptors (Lipinski definition) is 4. The maximum Gasteiger partial charge on any atom is 0.150 e. The quantitative estimate of drug-likeness (QED) is 0.829. The molecule has 0 aliphatic heterocycles. The lowest BCUT2D eigenvalue weighted by Crippen LogP contribution is -2.38. The summed E-state index contributed by atoms with van der Waals surface area (Å²) in [6.07, 6.45) is 12.6. The van der Waals surface area contributed by atoms with Gasteiger partial charge >= 0.3 is 0 Å². The lowest BCUT2D eigenvalue weighted by Gasteiger charge is -2.33. The van der Waals surface area contributed by atoms with Gasteiger partial charge in [-0.2, -0.15) is 0 Å². The molecule has 2 N–H and O–H groups in total. The molecule has 19 heavy (non-hydrogen) atoms. The van der Waals surface area contributed by atoms with Crippen LogP contribution in [0, 0.1) is 6.92 Å². The topological polar surface area (TPSA) is 55.0 Å². The Morgan fingerprint density at radius 2 is 1.84 bits per heavy atom. The Bertz CT molecular complexity index is 372. The molecule has 0 saturated heterocycles. The zero-order valence-electron chi connectivity index (χ0n) is 12.0. The van der Waals surface area contributed by atoms with E-state index in [1.807, 2.05) is 0 Å². The highest BCUT2D eigenvalue weighted by molar-refractivity contribution is 5.43. The molecule has 1 aromatic heterocycles. The van der Waals surface area contributed by atoms with Gasteiger partial charge in [0.25, 0.3) is 0 Å². The van der Waals surface area contributed by atoms with Gasteiger partial charge in [-0.15, -0.1) is 0 Å². The fraction of sp³-hybridized carbons (Fsp3) is 0.733. The first-order valence-electron chi connectivity index (χ1n) is 7.57. The van der Waals surface area contributed by atoms with Crippen LogP contribution in [0.15, 0.2) is 12.4 Å². The maximum absolute atomic E-state index is 5.69. The van der Waals surface area contributed by atoms with Gasteiger partial charge < -0.3 is 10.6 Å². The van der Waals surface area contributed by atoms with Gasteiger partial charge in [0.1, 0.15) is 5.82 Å². The van der Waals surface area contributed by atoms with Crippen molar-refractivity contribution in [2.45, 2.75) is 57.9 Å². The van der Waals surface area contributed by atoms with E-state index in [1.54, 1.807) is 12.4 Å². The Hall–Kier alpha value is -1.16. The number of nitrogens with two attached hydrogens (primary N) is 1. The Balaban J connectivity index is 2.16. The minimum absolute atomic E-state index is 0.615. The van der Waals surface area contributed by atoms with Crippen molar-refractivity contribution in [3.8, 4) is 0 Å². The summed E-state index contributed by atoms with van der Waals surface area (Å²) in [5, 5.41) is 0. The smallest absolute Gasteiger partial charge is 0.150 e. The summed E-state index contributed by atoms with van der Waals surface area (Å²) in [4.78, 5) is 11.4. The van der Waals surface area contributed by atoms with Gasteiger partial charge in [0.2, 0.25) is 0 Å². The molecule has 0 amide bonds. The normalized spacial score (nSPS) is 17.2. The minimum atomic E-state index is 0.615. The molecule has 4 nitrogen and oxygen atoms in total. The second kappa shape index (κ2) is 7.43. The molecule has 4 heteroatoms. The van der Waals surface area contributed by atoms with Crippen molar-refractivity contribution in [2.75, 3.05) is 18.0 Å². The summed E-state index contributed by atoms with van der Waals surface area (Å²) >= 11 is 0. The lowest BCUT2D eigenvalue weighted by atomic mass is 10.1. The van der Waals surface area contributed by atoms with Crippen LogP contribution in [-0.2, 0) is 0 Å². The van der Waals surface area contributed by atoms with Crippen molar-refractivity contribution in [1.82, 2.24) is 9.97 Å². The molecular formula is C15H26N4. The van der Waals surface area contributed by atoms with E-state index in [1.165, 1.54) is 38.5 Å². The molecular weight excluding hydrogens is 236 g/mol. The number of nitrogens with zero attached hydrogens (tertiary/aromatic N) is 3. The molecule has 0 unspecified atom stereocenters. The molecule has 1 aromatic rings. The predicted octanol–water partition coefficient (Wildman–Crippen LogP) is 2.66. The van der Waals surface area contributed by atoms with Crippen LogP contribution in [0.2, 0.25) is 0 Å². The van der Waals surface area contributed by atoms with Crippen molar-refractivity contribution < 1.29 is 0 Å². The van der Waals surface area contributed by atoms with Gasteiger partial charge in [0, 0.05) is 25.0 Å². The first-order chi connectivity index (χ1) is 9.33. The monoisotopic (exact) mass is 262 g/mol. The molecule has 1 aliphatic carbocycles. The van der Waals surface area contributed by atoms with Gasteiger partial charge in [-0.05, 0) is 32.7 Å². The number of anilines is 1. The van der Waals surface area contributed by atoms with E-state index in [2.05, 4.69) is 21.8 Å². The van der Waals surface area contributed by atoms with E-state index >= 15 is 0 Å². The third-order valence-corrected chi connectivity index (χ3v) is 4.00. The third kappa shape index (κ3) is 3.90. The van der Waals surface area contributed by atoms with Crippen LogP contribution in [0.5, 0.6) is 0 Å². The Morgan fingerprint density at radius 3 is 2.47 bits per heavy atom. The third-order valence-electron chi connectivity index (χ3n) is 4.00. The van der Waals surface area contributed by atoms with E-state index in [0.29, 0.717) is 6.04 Å². The molecule has 1 saturated carbocycles. The van der Waals surface area contributed by atoms with E-state index < -0.39 is 0 Å². The summed E-state index contributed by atoms with van der Waals surface area (Å²) < 4.78 is 0. The molecule has 0 radical (unpaired) electrons. The van der Waals surface area contributed by atoms with Gasteiger partial charge in [-0.3, -0.25) is 4.98 Å². The zero-order valence-corrected chi connectivity index (χ0v) is 12.0. The highest BCUT2D eigenvalue weighted by Crippen LogP contribution is 2.26. The second-order valence-corrected chi connectivity index (χ2v) is 5.45. The molecule has 106 valence electrons. The molecule has 1 heterocycles. The van der Waals surface area contributed by atoms with Crippen LogP contribution >= 0.6 is 0 Å².